The van der Waals surface area contributed by atoms with Crippen molar-refractivity contribution >= 4 is 43.5 Å². The van der Waals surface area contributed by atoms with Crippen molar-refractivity contribution in [3.8, 4) is 0 Å². The van der Waals surface area contributed by atoms with Gasteiger partial charge < -0.3 is 0 Å². The summed E-state index contributed by atoms with van der Waals surface area (Å²) in [7, 11) is 0. The van der Waals surface area contributed by atoms with Crippen LogP contribution in [0.4, 0.5) is 0 Å². The lowest BCUT2D eigenvalue weighted by molar-refractivity contribution is 0.348. The van der Waals surface area contributed by atoms with Crippen LogP contribution < -0.4 is 0 Å². The summed E-state index contributed by atoms with van der Waals surface area (Å²) in [4.78, 5) is 0. The molecule has 1 saturated carbocycles. The first-order valence-electron chi connectivity index (χ1n) is 5.77. The molecule has 0 nitrogen and oxygen atoms in total. The topological polar surface area (TPSA) is 0 Å². The van der Waals surface area contributed by atoms with Gasteiger partial charge in [0.15, 0.2) is 0 Å². The predicted octanol–water partition coefficient (Wildman–Crippen LogP) is 6.07. The second-order valence-corrected chi connectivity index (χ2v) is 6.71. The Morgan fingerprint density at radius 3 is 2.50 bits per heavy atom. The van der Waals surface area contributed by atoms with E-state index in [9.17, 15) is 0 Å². The lowest BCUT2D eigenvalue weighted by Gasteiger charge is -2.27. The molecule has 1 aliphatic carbocycles. The molecule has 0 aromatic heterocycles. The van der Waals surface area contributed by atoms with Crippen LogP contribution >= 0.6 is 43.5 Å². The average Bonchev–Trinajstić information content (AvgIpc) is 2.32. The van der Waals surface area contributed by atoms with Gasteiger partial charge in [0.2, 0.25) is 0 Å². The lowest BCUT2D eigenvalue weighted by atomic mass is 9.84. The lowest BCUT2D eigenvalue weighted by Crippen LogP contribution is -2.12. The van der Waals surface area contributed by atoms with Crippen molar-refractivity contribution in [2.24, 2.45) is 5.92 Å². The summed E-state index contributed by atoms with van der Waals surface area (Å²) >= 11 is 13.7. The maximum Gasteiger partial charge on any atom is 0.0624 e. The number of hydrogen-bond acceptors (Lipinski definition) is 0. The number of halogens is 3. The smallest absolute Gasteiger partial charge is 0.0624 e. The molecule has 1 atom stereocenters. The predicted molar refractivity (Wildman–Crippen MR) is 77.0 cm³/mol. The van der Waals surface area contributed by atoms with Crippen LogP contribution in [0.3, 0.4) is 0 Å². The minimum atomic E-state index is 0.146. The van der Waals surface area contributed by atoms with Crippen LogP contribution in [0.15, 0.2) is 27.1 Å². The average molecular weight is 367 g/mol. The van der Waals surface area contributed by atoms with Gasteiger partial charge in [0.1, 0.15) is 0 Å². The fourth-order valence-corrected chi connectivity index (χ4v) is 3.84. The van der Waals surface area contributed by atoms with Crippen LogP contribution in [0.25, 0.3) is 0 Å². The second-order valence-electron chi connectivity index (χ2n) is 4.47. The normalized spacial score (nSPS) is 19.7. The van der Waals surface area contributed by atoms with Crippen LogP contribution in [0.1, 0.15) is 43.0 Å². The Bertz CT molecular complexity index is 359. The molecule has 3 heteroatoms. The zero-order valence-electron chi connectivity index (χ0n) is 9.06. The van der Waals surface area contributed by atoms with Gasteiger partial charge in [-0.25, -0.2) is 0 Å². The fourth-order valence-electron chi connectivity index (χ4n) is 2.41. The molecule has 0 aliphatic heterocycles. The summed E-state index contributed by atoms with van der Waals surface area (Å²) in [5.41, 5.74) is 1.22. The molecule has 16 heavy (non-hydrogen) atoms. The van der Waals surface area contributed by atoms with E-state index in [4.69, 9.17) is 11.6 Å². The molecular formula is C13H15Br2Cl. The number of alkyl halides is 1. The van der Waals surface area contributed by atoms with E-state index in [1.807, 2.05) is 6.07 Å². The highest BCUT2D eigenvalue weighted by Crippen LogP contribution is 2.41. The van der Waals surface area contributed by atoms with E-state index in [0.717, 1.165) is 8.95 Å². The quantitative estimate of drug-likeness (QED) is 0.557. The van der Waals surface area contributed by atoms with E-state index in [1.165, 1.54) is 37.7 Å². The third kappa shape index (κ3) is 3.02. The molecule has 0 heterocycles. The Hall–Kier alpha value is 0.470. The minimum Gasteiger partial charge on any atom is -0.117 e. The van der Waals surface area contributed by atoms with Crippen LogP contribution in [0.2, 0.25) is 0 Å². The maximum absolute atomic E-state index is 6.61. The highest BCUT2D eigenvalue weighted by atomic mass is 79.9. The van der Waals surface area contributed by atoms with E-state index in [1.54, 1.807) is 0 Å². The summed E-state index contributed by atoms with van der Waals surface area (Å²) in [5.74, 6) is 0.640. The molecule has 0 radical (unpaired) electrons. The van der Waals surface area contributed by atoms with Crippen molar-refractivity contribution in [1.29, 1.82) is 0 Å². The van der Waals surface area contributed by atoms with Crippen molar-refractivity contribution in [2.75, 3.05) is 0 Å². The van der Waals surface area contributed by atoms with Gasteiger partial charge in [-0.15, -0.1) is 11.6 Å². The van der Waals surface area contributed by atoms with Crippen molar-refractivity contribution in [3.05, 3.63) is 32.7 Å². The fraction of sp³-hybridized carbons (Fsp3) is 0.538. The van der Waals surface area contributed by atoms with Gasteiger partial charge in [-0.3, -0.25) is 0 Å². The zero-order chi connectivity index (χ0) is 11.5. The van der Waals surface area contributed by atoms with Gasteiger partial charge in [-0.2, -0.15) is 0 Å². The zero-order valence-corrected chi connectivity index (χ0v) is 13.0. The van der Waals surface area contributed by atoms with Crippen LogP contribution in [0, 0.1) is 5.92 Å². The van der Waals surface area contributed by atoms with E-state index in [-0.39, 0.29) is 5.38 Å². The summed E-state index contributed by atoms with van der Waals surface area (Å²) in [5, 5.41) is 0.146. The van der Waals surface area contributed by atoms with Gasteiger partial charge in [-0.05, 0) is 42.5 Å². The summed E-state index contributed by atoms with van der Waals surface area (Å²) < 4.78 is 2.23. The summed E-state index contributed by atoms with van der Waals surface area (Å²) in [6.07, 6.45) is 6.58. The molecule has 0 spiro atoms. The van der Waals surface area contributed by atoms with Crippen molar-refractivity contribution in [2.45, 2.75) is 37.5 Å². The molecule has 1 aromatic carbocycles. The maximum atomic E-state index is 6.61. The van der Waals surface area contributed by atoms with Gasteiger partial charge in [0, 0.05) is 8.95 Å². The van der Waals surface area contributed by atoms with E-state index in [2.05, 4.69) is 44.0 Å². The molecule has 0 amide bonds. The molecule has 1 aromatic rings. The molecular weight excluding hydrogens is 351 g/mol. The highest BCUT2D eigenvalue weighted by molar-refractivity contribution is 9.11. The largest absolute Gasteiger partial charge is 0.117 e. The minimum absolute atomic E-state index is 0.146. The summed E-state index contributed by atoms with van der Waals surface area (Å²) in [6.45, 7) is 0. The van der Waals surface area contributed by atoms with Gasteiger partial charge in [0.25, 0.3) is 0 Å². The van der Waals surface area contributed by atoms with E-state index in [0.29, 0.717) is 5.92 Å². The molecule has 1 aliphatic rings. The van der Waals surface area contributed by atoms with E-state index >= 15 is 0 Å². The molecule has 1 fully saturated rings. The molecule has 1 unspecified atom stereocenters. The SMILES string of the molecule is ClC(c1cc(Br)ccc1Br)C1CCCCC1. The second kappa shape index (κ2) is 5.88. The van der Waals surface area contributed by atoms with Gasteiger partial charge >= 0.3 is 0 Å². The monoisotopic (exact) mass is 364 g/mol. The number of benzene rings is 1. The number of rotatable bonds is 2. The molecule has 0 bridgehead atoms. The first-order chi connectivity index (χ1) is 7.68. The third-order valence-corrected chi connectivity index (χ3v) is 5.13. The Balaban J connectivity index is 2.18. The van der Waals surface area contributed by atoms with E-state index < -0.39 is 0 Å². The van der Waals surface area contributed by atoms with Crippen LogP contribution in [-0.2, 0) is 0 Å². The highest BCUT2D eigenvalue weighted by Gasteiger charge is 2.24. The Labute approximate surface area is 119 Å². The summed E-state index contributed by atoms with van der Waals surface area (Å²) in [6, 6.07) is 6.24. The van der Waals surface area contributed by atoms with Gasteiger partial charge in [0.05, 0.1) is 5.38 Å². The van der Waals surface area contributed by atoms with Crippen molar-refractivity contribution in [1.82, 2.24) is 0 Å². The molecule has 88 valence electrons. The first kappa shape index (κ1) is 12.9. The van der Waals surface area contributed by atoms with Gasteiger partial charge in [-0.1, -0.05) is 51.1 Å². The standard InChI is InChI=1S/C13H15Br2Cl/c14-10-6-7-12(15)11(8-10)13(16)9-4-2-1-3-5-9/h6-9,13H,1-5H2. The molecule has 0 N–H and O–H groups in total. The van der Waals surface area contributed by atoms with Crippen molar-refractivity contribution in [3.63, 3.8) is 0 Å². The van der Waals surface area contributed by atoms with Crippen LogP contribution in [0.5, 0.6) is 0 Å². The Morgan fingerprint density at radius 2 is 1.81 bits per heavy atom. The third-order valence-electron chi connectivity index (χ3n) is 3.32. The first-order valence-corrected chi connectivity index (χ1v) is 7.80. The number of hydrogen-bond donors (Lipinski definition) is 0. The van der Waals surface area contributed by atoms with Crippen LogP contribution in [-0.4, -0.2) is 0 Å². The molecule has 0 saturated heterocycles. The Kier molecular flexibility index (Phi) is 4.75. The molecule has 2 rings (SSSR count). The van der Waals surface area contributed by atoms with Crippen molar-refractivity contribution < 1.29 is 0 Å². The Morgan fingerprint density at radius 1 is 1.12 bits per heavy atom.